The van der Waals surface area contributed by atoms with Crippen LogP contribution in [0.1, 0.15) is 24.2 Å². The molecule has 0 bridgehead atoms. The Bertz CT molecular complexity index is 860. The molecule has 0 spiro atoms. The third kappa shape index (κ3) is 5.77. The zero-order valence-corrected chi connectivity index (χ0v) is 15.9. The third-order valence-electron chi connectivity index (χ3n) is 4.08. The van der Waals surface area contributed by atoms with Gasteiger partial charge in [0.1, 0.15) is 6.10 Å². The second-order valence-electron chi connectivity index (χ2n) is 6.30. The Kier molecular flexibility index (Phi) is 7.03. The first-order valence-electron chi connectivity index (χ1n) is 8.62. The minimum absolute atomic E-state index is 0.109. The normalized spacial score (nSPS) is 13.0. The average Bonchev–Trinajstić information content (AvgIpc) is 2.66. The number of carbonyl (C=O) groups is 2. The van der Waals surface area contributed by atoms with E-state index in [9.17, 15) is 14.7 Å². The highest BCUT2D eigenvalue weighted by atomic mass is 16.6. The predicted octanol–water partition coefficient (Wildman–Crippen LogP) is 4.28. The fourth-order valence-corrected chi connectivity index (χ4v) is 2.60. The number of nitrogens with one attached hydrogen (secondary N) is 1. The van der Waals surface area contributed by atoms with Crippen LogP contribution in [0.5, 0.6) is 11.5 Å². The van der Waals surface area contributed by atoms with E-state index in [1.807, 2.05) is 19.1 Å². The molecule has 2 aromatic rings. The third-order valence-corrected chi connectivity index (χ3v) is 4.08. The van der Waals surface area contributed by atoms with E-state index in [2.05, 4.69) is 5.32 Å². The number of phenols is 1. The fourth-order valence-electron chi connectivity index (χ4n) is 2.60. The Morgan fingerprint density at radius 3 is 2.39 bits per heavy atom. The van der Waals surface area contributed by atoms with E-state index in [1.54, 1.807) is 31.2 Å². The van der Waals surface area contributed by atoms with Gasteiger partial charge >= 0.3 is 12.1 Å². The van der Waals surface area contributed by atoms with Gasteiger partial charge in [-0.25, -0.2) is 9.59 Å². The maximum absolute atomic E-state index is 12.4. The molecule has 0 saturated heterocycles. The SMILES string of the molecule is COc1ccc([C@H](OC(=O)Nc2ccc(C)cc2)[C@@H](C)/C=C/C(=O)O)cc1O. The Hall–Kier alpha value is -3.48. The zero-order chi connectivity index (χ0) is 20.7. The van der Waals surface area contributed by atoms with Gasteiger partial charge in [0.05, 0.1) is 7.11 Å². The number of carboxylic acids is 1. The number of methoxy groups -OCH3 is 1. The zero-order valence-electron chi connectivity index (χ0n) is 15.9. The van der Waals surface area contributed by atoms with Crippen LogP contribution in [0.15, 0.2) is 54.6 Å². The van der Waals surface area contributed by atoms with E-state index in [0.717, 1.165) is 11.6 Å². The van der Waals surface area contributed by atoms with Crippen LogP contribution in [0.4, 0.5) is 10.5 Å². The first-order chi connectivity index (χ1) is 13.3. The molecule has 3 N–H and O–H groups in total. The topological polar surface area (TPSA) is 105 Å². The summed E-state index contributed by atoms with van der Waals surface area (Å²) < 4.78 is 10.6. The number of anilines is 1. The fraction of sp³-hybridized carbons (Fsp3) is 0.238. The number of aliphatic carboxylic acids is 1. The second-order valence-corrected chi connectivity index (χ2v) is 6.30. The molecule has 0 aromatic heterocycles. The standard InChI is InChI=1S/C21H23NO6/c1-13-4-8-16(9-5-13)22-21(26)28-20(14(2)6-11-19(24)25)15-7-10-18(27-3)17(23)12-15/h4-12,14,20,23H,1-3H3,(H,22,26)(H,24,25)/b11-6+/t14-,20+/m0/s1. The van der Waals surface area contributed by atoms with E-state index >= 15 is 0 Å². The second kappa shape index (κ2) is 9.45. The minimum Gasteiger partial charge on any atom is -0.504 e. The Morgan fingerprint density at radius 1 is 1.14 bits per heavy atom. The quantitative estimate of drug-likeness (QED) is 0.615. The van der Waals surface area contributed by atoms with Gasteiger partial charge in [-0.15, -0.1) is 0 Å². The number of hydrogen-bond acceptors (Lipinski definition) is 5. The molecule has 2 aromatic carbocycles. The van der Waals surface area contributed by atoms with Crippen molar-refractivity contribution in [3.8, 4) is 11.5 Å². The van der Waals surface area contributed by atoms with Crippen LogP contribution in [0.25, 0.3) is 0 Å². The van der Waals surface area contributed by atoms with Crippen LogP contribution < -0.4 is 10.1 Å². The van der Waals surface area contributed by atoms with Crippen molar-refractivity contribution in [3.63, 3.8) is 0 Å². The summed E-state index contributed by atoms with van der Waals surface area (Å²) in [7, 11) is 1.43. The van der Waals surface area contributed by atoms with E-state index in [0.29, 0.717) is 11.3 Å². The summed E-state index contributed by atoms with van der Waals surface area (Å²) in [6.45, 7) is 3.65. The molecule has 0 aliphatic carbocycles. The average molecular weight is 385 g/mol. The van der Waals surface area contributed by atoms with E-state index < -0.39 is 24.1 Å². The van der Waals surface area contributed by atoms with Gasteiger partial charge in [-0.1, -0.05) is 36.8 Å². The number of carbonyl (C=O) groups excluding carboxylic acids is 1. The van der Waals surface area contributed by atoms with Crippen molar-refractivity contribution < 1.29 is 29.3 Å². The van der Waals surface area contributed by atoms with E-state index in [1.165, 1.54) is 19.3 Å². The van der Waals surface area contributed by atoms with Gasteiger partial charge in [0.2, 0.25) is 0 Å². The maximum Gasteiger partial charge on any atom is 0.412 e. The Morgan fingerprint density at radius 2 is 1.82 bits per heavy atom. The summed E-state index contributed by atoms with van der Waals surface area (Å²) in [6, 6.07) is 11.8. The van der Waals surface area contributed by atoms with Crippen molar-refractivity contribution in [1.82, 2.24) is 0 Å². The van der Waals surface area contributed by atoms with Gasteiger partial charge in [-0.2, -0.15) is 0 Å². The molecule has 0 radical (unpaired) electrons. The molecule has 148 valence electrons. The molecule has 0 aliphatic rings. The largest absolute Gasteiger partial charge is 0.504 e. The van der Waals surface area contributed by atoms with Crippen molar-refractivity contribution in [1.29, 1.82) is 0 Å². The van der Waals surface area contributed by atoms with Gasteiger partial charge in [0.15, 0.2) is 11.5 Å². The minimum atomic E-state index is -1.10. The number of ether oxygens (including phenoxy) is 2. The highest BCUT2D eigenvalue weighted by Crippen LogP contribution is 2.34. The van der Waals surface area contributed by atoms with Crippen LogP contribution in [-0.2, 0) is 9.53 Å². The van der Waals surface area contributed by atoms with Crippen LogP contribution >= 0.6 is 0 Å². The Balaban J connectivity index is 2.24. The lowest BCUT2D eigenvalue weighted by Gasteiger charge is -2.23. The monoisotopic (exact) mass is 385 g/mol. The molecular weight excluding hydrogens is 362 g/mol. The molecule has 1 amide bonds. The summed E-state index contributed by atoms with van der Waals surface area (Å²) in [5.41, 5.74) is 2.12. The van der Waals surface area contributed by atoms with Crippen LogP contribution in [0.3, 0.4) is 0 Å². The van der Waals surface area contributed by atoms with Gasteiger partial charge in [-0.3, -0.25) is 5.32 Å². The lowest BCUT2D eigenvalue weighted by atomic mass is 9.96. The van der Waals surface area contributed by atoms with Gasteiger partial charge in [0.25, 0.3) is 0 Å². The Labute approximate surface area is 163 Å². The number of amides is 1. The number of hydrogen-bond donors (Lipinski definition) is 3. The molecule has 0 unspecified atom stereocenters. The highest BCUT2D eigenvalue weighted by Gasteiger charge is 2.23. The molecule has 28 heavy (non-hydrogen) atoms. The van der Waals surface area contributed by atoms with Crippen molar-refractivity contribution in [3.05, 3.63) is 65.7 Å². The highest BCUT2D eigenvalue weighted by molar-refractivity contribution is 5.84. The number of rotatable bonds is 7. The van der Waals surface area contributed by atoms with E-state index in [-0.39, 0.29) is 11.5 Å². The summed E-state index contributed by atoms with van der Waals surface area (Å²) in [6.07, 6.45) is 0.896. The molecule has 7 nitrogen and oxygen atoms in total. The lowest BCUT2D eigenvalue weighted by molar-refractivity contribution is -0.131. The summed E-state index contributed by atoms with van der Waals surface area (Å²) in [5, 5.41) is 21.5. The van der Waals surface area contributed by atoms with Crippen molar-refractivity contribution >= 4 is 17.7 Å². The lowest BCUT2D eigenvalue weighted by Crippen LogP contribution is -2.21. The van der Waals surface area contributed by atoms with Gasteiger partial charge in [-0.05, 0) is 36.8 Å². The molecule has 0 saturated carbocycles. The van der Waals surface area contributed by atoms with Crippen LogP contribution in [-0.4, -0.2) is 29.4 Å². The first-order valence-corrected chi connectivity index (χ1v) is 8.62. The predicted molar refractivity (Wildman–Crippen MR) is 105 cm³/mol. The van der Waals surface area contributed by atoms with Crippen molar-refractivity contribution in [2.24, 2.45) is 5.92 Å². The molecule has 0 heterocycles. The molecule has 7 heteroatoms. The van der Waals surface area contributed by atoms with E-state index in [4.69, 9.17) is 14.6 Å². The molecule has 0 aliphatic heterocycles. The molecular formula is C21H23NO6. The number of carboxylic acid groups (broad SMARTS) is 1. The number of aromatic hydroxyl groups is 1. The summed E-state index contributed by atoms with van der Waals surface area (Å²) >= 11 is 0. The first kappa shape index (κ1) is 20.8. The van der Waals surface area contributed by atoms with Crippen LogP contribution in [0, 0.1) is 12.8 Å². The molecule has 2 rings (SSSR count). The van der Waals surface area contributed by atoms with Gasteiger partial charge < -0.3 is 19.7 Å². The number of benzene rings is 2. The number of phenolic OH excluding ortho intramolecular Hbond substituents is 1. The smallest absolute Gasteiger partial charge is 0.412 e. The number of aryl methyl sites for hydroxylation is 1. The van der Waals surface area contributed by atoms with Crippen molar-refractivity contribution in [2.75, 3.05) is 12.4 Å². The summed E-state index contributed by atoms with van der Waals surface area (Å²) in [5.74, 6) is -1.40. The molecule has 0 fully saturated rings. The molecule has 2 atom stereocenters. The summed E-state index contributed by atoms with van der Waals surface area (Å²) in [4.78, 5) is 23.2. The maximum atomic E-state index is 12.4. The van der Waals surface area contributed by atoms with Crippen LogP contribution in [0.2, 0.25) is 0 Å². The van der Waals surface area contributed by atoms with Crippen molar-refractivity contribution in [2.45, 2.75) is 20.0 Å². The van der Waals surface area contributed by atoms with Gasteiger partial charge in [0, 0.05) is 17.7 Å².